The Labute approximate surface area is 111 Å². The second-order valence-corrected chi connectivity index (χ2v) is 4.42. The first-order valence-corrected chi connectivity index (χ1v) is 6.21. The summed E-state index contributed by atoms with van der Waals surface area (Å²) in [5.41, 5.74) is 0.743. The molecule has 0 saturated heterocycles. The van der Waals surface area contributed by atoms with Crippen LogP contribution in [0, 0.1) is 0 Å². The van der Waals surface area contributed by atoms with Crippen LogP contribution in [0.4, 0.5) is 0 Å². The van der Waals surface area contributed by atoms with Gasteiger partial charge in [-0.1, -0.05) is 41.7 Å². The van der Waals surface area contributed by atoms with Gasteiger partial charge < -0.3 is 10.1 Å². The summed E-state index contributed by atoms with van der Waals surface area (Å²) in [5.74, 6) is 0. The number of likely N-dealkylation sites (N-methyl/N-ethyl adjacent to an activating group) is 1. The lowest BCUT2D eigenvalue weighted by molar-refractivity contribution is 0.123. The molecule has 2 nitrogen and oxygen atoms in total. The van der Waals surface area contributed by atoms with Crippen LogP contribution >= 0.6 is 34.8 Å². The largest absolute Gasteiger partial charge is 0.375 e. The van der Waals surface area contributed by atoms with Gasteiger partial charge in [0.05, 0.1) is 23.3 Å². The molecule has 0 saturated carbocycles. The van der Waals surface area contributed by atoms with Gasteiger partial charge in [-0.2, -0.15) is 0 Å². The Morgan fingerprint density at radius 1 is 1.19 bits per heavy atom. The summed E-state index contributed by atoms with van der Waals surface area (Å²) in [6, 6.07) is 3.40. The molecule has 1 N–H and O–H groups in total. The maximum atomic E-state index is 6.03. The van der Waals surface area contributed by atoms with E-state index in [4.69, 9.17) is 39.5 Å². The molecule has 0 unspecified atom stereocenters. The van der Waals surface area contributed by atoms with Crippen LogP contribution in [0.1, 0.15) is 12.5 Å². The van der Waals surface area contributed by atoms with Crippen molar-refractivity contribution in [3.63, 3.8) is 0 Å². The molecule has 0 radical (unpaired) electrons. The number of halogens is 3. The highest BCUT2D eigenvalue weighted by Crippen LogP contribution is 2.31. The van der Waals surface area contributed by atoms with E-state index in [0.29, 0.717) is 28.3 Å². The Hall–Kier alpha value is 0.01000. The quantitative estimate of drug-likeness (QED) is 0.633. The van der Waals surface area contributed by atoms with E-state index in [2.05, 4.69) is 5.32 Å². The first-order chi connectivity index (χ1) is 7.66. The van der Waals surface area contributed by atoms with Crippen molar-refractivity contribution < 1.29 is 4.74 Å². The van der Waals surface area contributed by atoms with Crippen LogP contribution < -0.4 is 5.32 Å². The van der Waals surface area contributed by atoms with Crippen LogP contribution in [0.3, 0.4) is 0 Å². The van der Waals surface area contributed by atoms with E-state index in [1.54, 1.807) is 12.1 Å². The monoisotopic (exact) mass is 281 g/mol. The maximum absolute atomic E-state index is 6.03. The lowest BCUT2D eigenvalue weighted by Crippen LogP contribution is -2.18. The lowest BCUT2D eigenvalue weighted by atomic mass is 10.2. The van der Waals surface area contributed by atoms with Gasteiger partial charge in [-0.05, 0) is 18.7 Å². The number of nitrogens with one attached hydrogen (secondary N) is 1. The van der Waals surface area contributed by atoms with Gasteiger partial charge >= 0.3 is 0 Å². The predicted octanol–water partition coefficient (Wildman–Crippen LogP) is 3.77. The fourth-order valence-electron chi connectivity index (χ4n) is 1.20. The fourth-order valence-corrected chi connectivity index (χ4v) is 1.85. The topological polar surface area (TPSA) is 21.3 Å². The summed E-state index contributed by atoms with van der Waals surface area (Å²) in [6.07, 6.45) is 0. The van der Waals surface area contributed by atoms with Crippen molar-refractivity contribution in [1.29, 1.82) is 0 Å². The highest BCUT2D eigenvalue weighted by Gasteiger charge is 2.09. The molecule has 5 heteroatoms. The van der Waals surface area contributed by atoms with Crippen LogP contribution in [-0.2, 0) is 11.3 Å². The van der Waals surface area contributed by atoms with E-state index in [1.165, 1.54) is 0 Å². The zero-order valence-electron chi connectivity index (χ0n) is 9.03. The van der Waals surface area contributed by atoms with E-state index in [-0.39, 0.29) is 0 Å². The second-order valence-electron chi connectivity index (χ2n) is 3.23. The SMILES string of the molecule is CCNCCOCc1c(Cl)ccc(Cl)c1Cl. The molecule has 16 heavy (non-hydrogen) atoms. The van der Waals surface area contributed by atoms with Crippen LogP contribution in [-0.4, -0.2) is 19.7 Å². The average Bonchev–Trinajstić information content (AvgIpc) is 2.28. The van der Waals surface area contributed by atoms with Crippen molar-refractivity contribution in [1.82, 2.24) is 5.32 Å². The molecular weight excluding hydrogens is 268 g/mol. The van der Waals surface area contributed by atoms with Crippen molar-refractivity contribution in [3.05, 3.63) is 32.8 Å². The fraction of sp³-hybridized carbons (Fsp3) is 0.455. The smallest absolute Gasteiger partial charge is 0.0747 e. The third kappa shape index (κ3) is 4.11. The summed E-state index contributed by atoms with van der Waals surface area (Å²) < 4.78 is 5.45. The maximum Gasteiger partial charge on any atom is 0.0747 e. The molecule has 1 rings (SSSR count). The normalized spacial score (nSPS) is 10.8. The van der Waals surface area contributed by atoms with Crippen molar-refractivity contribution in [2.45, 2.75) is 13.5 Å². The van der Waals surface area contributed by atoms with E-state index < -0.39 is 0 Å². The minimum Gasteiger partial charge on any atom is -0.375 e. The third-order valence-electron chi connectivity index (χ3n) is 2.06. The van der Waals surface area contributed by atoms with Crippen molar-refractivity contribution in [2.75, 3.05) is 19.7 Å². The van der Waals surface area contributed by atoms with Crippen molar-refractivity contribution in [2.24, 2.45) is 0 Å². The highest BCUT2D eigenvalue weighted by molar-refractivity contribution is 6.44. The number of benzene rings is 1. The summed E-state index contributed by atoms with van der Waals surface area (Å²) in [4.78, 5) is 0. The number of ether oxygens (including phenoxy) is 1. The van der Waals surface area contributed by atoms with E-state index >= 15 is 0 Å². The number of rotatable bonds is 6. The molecule has 0 aliphatic carbocycles. The Kier molecular flexibility index (Phi) is 6.47. The van der Waals surface area contributed by atoms with Gasteiger partial charge in [-0.15, -0.1) is 0 Å². The molecule has 1 aromatic rings. The van der Waals surface area contributed by atoms with Gasteiger partial charge in [-0.3, -0.25) is 0 Å². The summed E-state index contributed by atoms with van der Waals surface area (Å²) >= 11 is 17.9. The third-order valence-corrected chi connectivity index (χ3v) is 3.26. The minimum absolute atomic E-state index is 0.379. The zero-order chi connectivity index (χ0) is 12.0. The molecule has 0 bridgehead atoms. The van der Waals surface area contributed by atoms with Crippen LogP contribution in [0.5, 0.6) is 0 Å². The Morgan fingerprint density at radius 2 is 1.88 bits per heavy atom. The molecule has 0 aromatic heterocycles. The molecule has 0 aliphatic rings. The van der Waals surface area contributed by atoms with Crippen molar-refractivity contribution >= 4 is 34.8 Å². The van der Waals surface area contributed by atoms with Gasteiger partial charge in [0.25, 0.3) is 0 Å². The summed E-state index contributed by atoms with van der Waals surface area (Å²) in [6.45, 7) is 4.79. The van der Waals surface area contributed by atoms with Gasteiger partial charge in [0.15, 0.2) is 0 Å². The Balaban J connectivity index is 2.50. The molecular formula is C11H14Cl3NO. The zero-order valence-corrected chi connectivity index (χ0v) is 11.3. The number of hydrogen-bond donors (Lipinski definition) is 1. The van der Waals surface area contributed by atoms with Gasteiger partial charge in [0, 0.05) is 17.1 Å². The van der Waals surface area contributed by atoms with Crippen LogP contribution in [0.25, 0.3) is 0 Å². The van der Waals surface area contributed by atoms with E-state index in [0.717, 1.165) is 18.7 Å². The van der Waals surface area contributed by atoms with E-state index in [1.807, 2.05) is 6.92 Å². The molecule has 0 aliphatic heterocycles. The predicted molar refractivity (Wildman–Crippen MR) is 69.7 cm³/mol. The van der Waals surface area contributed by atoms with Crippen LogP contribution in [0.15, 0.2) is 12.1 Å². The molecule has 0 amide bonds. The molecule has 0 fully saturated rings. The molecule has 90 valence electrons. The molecule has 1 aromatic carbocycles. The first-order valence-electron chi connectivity index (χ1n) is 5.07. The molecule has 0 atom stereocenters. The average molecular weight is 283 g/mol. The molecule has 0 spiro atoms. The van der Waals surface area contributed by atoms with Gasteiger partial charge in [-0.25, -0.2) is 0 Å². The van der Waals surface area contributed by atoms with Crippen molar-refractivity contribution in [3.8, 4) is 0 Å². The Morgan fingerprint density at radius 3 is 2.56 bits per heavy atom. The van der Waals surface area contributed by atoms with Gasteiger partial charge in [0.2, 0.25) is 0 Å². The number of hydrogen-bond acceptors (Lipinski definition) is 2. The molecule has 0 heterocycles. The standard InChI is InChI=1S/C11H14Cl3NO/c1-2-15-5-6-16-7-8-9(12)3-4-10(13)11(8)14/h3-4,15H,2,5-7H2,1H3. The minimum atomic E-state index is 0.379. The lowest BCUT2D eigenvalue weighted by Gasteiger charge is -2.09. The second kappa shape index (κ2) is 7.36. The highest BCUT2D eigenvalue weighted by atomic mass is 35.5. The van der Waals surface area contributed by atoms with Gasteiger partial charge in [0.1, 0.15) is 0 Å². The summed E-state index contributed by atoms with van der Waals surface area (Å²) in [5, 5.41) is 4.71. The van der Waals surface area contributed by atoms with E-state index in [9.17, 15) is 0 Å². The first kappa shape index (κ1) is 14.1. The summed E-state index contributed by atoms with van der Waals surface area (Å²) in [7, 11) is 0. The van der Waals surface area contributed by atoms with Crippen LogP contribution in [0.2, 0.25) is 15.1 Å². The Bertz CT molecular complexity index is 344.